The lowest BCUT2D eigenvalue weighted by Gasteiger charge is -2.25. The average molecular weight is 536 g/mol. The number of non-ortho nitro benzene ring substituents is 1. The fraction of sp³-hybridized carbons (Fsp3) is 0.321. The second-order valence-electron chi connectivity index (χ2n) is 9.16. The molecule has 0 radical (unpaired) electrons. The number of thiazole rings is 1. The maximum absolute atomic E-state index is 13.7. The van der Waals surface area contributed by atoms with Crippen molar-refractivity contribution in [2.45, 2.75) is 52.7 Å². The van der Waals surface area contributed by atoms with Crippen LogP contribution in [0.2, 0.25) is 0 Å². The number of nitro benzene ring substituents is 1. The van der Waals surface area contributed by atoms with Gasteiger partial charge < -0.3 is 9.47 Å². The molecule has 4 rings (SSSR count). The lowest BCUT2D eigenvalue weighted by Crippen LogP contribution is -2.40. The van der Waals surface area contributed by atoms with E-state index in [1.165, 1.54) is 28.0 Å². The molecule has 2 aromatic carbocycles. The zero-order valence-electron chi connectivity index (χ0n) is 21.7. The van der Waals surface area contributed by atoms with Crippen LogP contribution in [0.4, 0.5) is 5.69 Å². The first-order chi connectivity index (χ1) is 18.2. The van der Waals surface area contributed by atoms with Crippen LogP contribution in [0.5, 0.6) is 5.75 Å². The number of benzene rings is 2. The van der Waals surface area contributed by atoms with Gasteiger partial charge in [-0.15, -0.1) is 0 Å². The van der Waals surface area contributed by atoms with Crippen LogP contribution in [-0.4, -0.2) is 28.2 Å². The fourth-order valence-electron chi connectivity index (χ4n) is 4.14. The Hall–Kier alpha value is -4.05. The van der Waals surface area contributed by atoms with Gasteiger partial charge in [0.25, 0.3) is 11.2 Å². The van der Waals surface area contributed by atoms with Gasteiger partial charge in [-0.25, -0.2) is 9.79 Å². The van der Waals surface area contributed by atoms with Gasteiger partial charge >= 0.3 is 5.97 Å². The van der Waals surface area contributed by atoms with Crippen molar-refractivity contribution in [2.24, 2.45) is 4.99 Å². The van der Waals surface area contributed by atoms with Crippen molar-refractivity contribution in [3.8, 4) is 5.75 Å². The van der Waals surface area contributed by atoms with Gasteiger partial charge in [-0.05, 0) is 56.5 Å². The third-order valence-corrected chi connectivity index (χ3v) is 6.91. The highest BCUT2D eigenvalue weighted by Gasteiger charge is 2.33. The van der Waals surface area contributed by atoms with Gasteiger partial charge in [-0.2, -0.15) is 0 Å². The lowest BCUT2D eigenvalue weighted by atomic mass is 9.96. The molecule has 198 valence electrons. The Labute approximate surface area is 223 Å². The summed E-state index contributed by atoms with van der Waals surface area (Å²) >= 11 is 1.17. The number of hydrogen-bond donors (Lipinski definition) is 0. The Morgan fingerprint density at radius 1 is 1.24 bits per heavy atom. The van der Waals surface area contributed by atoms with Crippen molar-refractivity contribution in [1.82, 2.24) is 4.57 Å². The number of allylic oxidation sites excluding steroid dienone is 1. The van der Waals surface area contributed by atoms with Gasteiger partial charge in [0.2, 0.25) is 0 Å². The molecule has 0 N–H and O–H groups in total. The summed E-state index contributed by atoms with van der Waals surface area (Å²) in [4.78, 5) is 42.6. The molecule has 0 saturated carbocycles. The summed E-state index contributed by atoms with van der Waals surface area (Å²) in [6.07, 6.45) is 3.21. The highest BCUT2D eigenvalue weighted by atomic mass is 32.1. The number of aromatic nitrogens is 1. The quantitative estimate of drug-likeness (QED) is 0.175. The molecule has 0 spiro atoms. The normalized spacial score (nSPS) is 15.3. The third-order valence-electron chi connectivity index (χ3n) is 5.93. The molecular weight excluding hydrogens is 506 g/mol. The van der Waals surface area contributed by atoms with E-state index in [9.17, 15) is 19.7 Å². The Morgan fingerprint density at radius 3 is 2.63 bits per heavy atom. The summed E-state index contributed by atoms with van der Waals surface area (Å²) < 4.78 is 13.2. The highest BCUT2D eigenvalue weighted by molar-refractivity contribution is 7.07. The topological polar surface area (TPSA) is 113 Å². The largest absolute Gasteiger partial charge is 0.494 e. The van der Waals surface area contributed by atoms with E-state index in [0.29, 0.717) is 38.5 Å². The fourth-order valence-corrected chi connectivity index (χ4v) is 5.18. The zero-order valence-corrected chi connectivity index (χ0v) is 22.5. The maximum atomic E-state index is 13.7. The van der Waals surface area contributed by atoms with Gasteiger partial charge in [0.05, 0.1) is 39.5 Å². The van der Waals surface area contributed by atoms with E-state index in [-0.39, 0.29) is 22.9 Å². The summed E-state index contributed by atoms with van der Waals surface area (Å²) in [7, 11) is 0. The minimum Gasteiger partial charge on any atom is -0.494 e. The molecule has 1 atom stereocenters. The predicted octanol–water partition coefficient (Wildman–Crippen LogP) is 4.27. The van der Waals surface area contributed by atoms with Crippen LogP contribution in [0, 0.1) is 10.1 Å². The number of nitro groups is 1. The summed E-state index contributed by atoms with van der Waals surface area (Å²) in [5.41, 5.74) is 1.56. The van der Waals surface area contributed by atoms with Crippen LogP contribution in [0.15, 0.2) is 69.6 Å². The van der Waals surface area contributed by atoms with Crippen molar-refractivity contribution in [1.29, 1.82) is 0 Å². The van der Waals surface area contributed by atoms with E-state index in [1.807, 2.05) is 24.3 Å². The first kappa shape index (κ1) is 27.0. The molecule has 1 aromatic heterocycles. The van der Waals surface area contributed by atoms with Crippen molar-refractivity contribution in [3.05, 3.63) is 101 Å². The number of esters is 1. The van der Waals surface area contributed by atoms with Crippen LogP contribution >= 0.6 is 11.3 Å². The molecule has 3 aromatic rings. The van der Waals surface area contributed by atoms with Crippen LogP contribution in [0.25, 0.3) is 6.08 Å². The summed E-state index contributed by atoms with van der Waals surface area (Å²) in [5.74, 6) is 0.162. The SMILES string of the molecule is CCCCOc1ccc(C2C(C(=O)OC(C)C)=C(C)N=c3sc(=Cc4cccc([N+](=O)[O-])c4)c(=O)n32)cc1. The van der Waals surface area contributed by atoms with E-state index in [4.69, 9.17) is 9.47 Å². The molecule has 38 heavy (non-hydrogen) atoms. The molecule has 1 aliphatic rings. The van der Waals surface area contributed by atoms with Gasteiger partial charge in [-0.3, -0.25) is 19.5 Å². The summed E-state index contributed by atoms with van der Waals surface area (Å²) in [5, 5.41) is 11.2. The Balaban J connectivity index is 1.84. The number of carbonyl (C=O) groups excluding carboxylic acids is 1. The monoisotopic (exact) mass is 535 g/mol. The van der Waals surface area contributed by atoms with Crippen molar-refractivity contribution in [3.63, 3.8) is 0 Å². The first-order valence-electron chi connectivity index (χ1n) is 12.4. The zero-order chi connectivity index (χ0) is 27.4. The number of hydrogen-bond acceptors (Lipinski definition) is 8. The van der Waals surface area contributed by atoms with E-state index in [2.05, 4.69) is 11.9 Å². The summed E-state index contributed by atoms with van der Waals surface area (Å²) in [6, 6.07) is 12.6. The van der Waals surface area contributed by atoms with E-state index < -0.39 is 16.9 Å². The van der Waals surface area contributed by atoms with Crippen LogP contribution in [-0.2, 0) is 9.53 Å². The number of ether oxygens (including phenoxy) is 2. The number of fused-ring (bicyclic) bond motifs is 1. The van der Waals surface area contributed by atoms with E-state index in [1.54, 1.807) is 39.0 Å². The smallest absolute Gasteiger partial charge is 0.338 e. The summed E-state index contributed by atoms with van der Waals surface area (Å²) in [6.45, 7) is 7.95. The van der Waals surface area contributed by atoms with Gasteiger partial charge in [0, 0.05) is 12.1 Å². The molecule has 9 nitrogen and oxygen atoms in total. The third kappa shape index (κ3) is 5.75. The standard InChI is InChI=1S/C28H29N3O6S/c1-5-6-14-36-22-12-10-20(11-13-22)25-24(27(33)37-17(2)3)18(4)29-28-30(25)26(32)23(38-28)16-19-8-7-9-21(15-19)31(34)35/h7-13,15-17,25H,5-6,14H2,1-4H3. The van der Waals surface area contributed by atoms with Crippen LogP contribution in [0.1, 0.15) is 57.7 Å². The van der Waals surface area contributed by atoms with Crippen molar-refractivity contribution >= 4 is 29.1 Å². The van der Waals surface area contributed by atoms with Crippen LogP contribution in [0.3, 0.4) is 0 Å². The second kappa shape index (κ2) is 11.6. The van der Waals surface area contributed by atoms with E-state index in [0.717, 1.165) is 12.8 Å². The number of carbonyl (C=O) groups is 1. The predicted molar refractivity (Wildman–Crippen MR) is 145 cm³/mol. The molecule has 0 bridgehead atoms. The molecular formula is C28H29N3O6S. The number of nitrogens with zero attached hydrogens (tertiary/aromatic N) is 3. The Kier molecular flexibility index (Phi) is 8.21. The van der Waals surface area contributed by atoms with Crippen molar-refractivity contribution in [2.75, 3.05) is 6.61 Å². The Bertz CT molecular complexity index is 1570. The molecule has 0 fully saturated rings. The number of rotatable bonds is 9. The number of unbranched alkanes of at least 4 members (excludes halogenated alkanes) is 1. The molecule has 1 aliphatic heterocycles. The maximum Gasteiger partial charge on any atom is 0.338 e. The molecule has 1 unspecified atom stereocenters. The lowest BCUT2D eigenvalue weighted by molar-refractivity contribution is -0.384. The van der Waals surface area contributed by atoms with Gasteiger partial charge in [-0.1, -0.05) is 48.9 Å². The van der Waals surface area contributed by atoms with Crippen molar-refractivity contribution < 1.29 is 19.2 Å². The minimum absolute atomic E-state index is 0.0693. The highest BCUT2D eigenvalue weighted by Crippen LogP contribution is 2.32. The average Bonchev–Trinajstić information content (AvgIpc) is 3.17. The first-order valence-corrected chi connectivity index (χ1v) is 13.2. The van der Waals surface area contributed by atoms with Crippen LogP contribution < -0.4 is 19.6 Å². The molecule has 0 saturated heterocycles. The second-order valence-corrected chi connectivity index (χ2v) is 10.2. The Morgan fingerprint density at radius 2 is 1.97 bits per heavy atom. The molecule has 10 heteroatoms. The molecule has 0 aliphatic carbocycles. The molecule has 2 heterocycles. The van der Waals surface area contributed by atoms with Gasteiger partial charge in [0.15, 0.2) is 4.80 Å². The molecule has 0 amide bonds. The minimum atomic E-state index is -0.755. The van der Waals surface area contributed by atoms with Gasteiger partial charge in [0.1, 0.15) is 5.75 Å². The van der Waals surface area contributed by atoms with E-state index >= 15 is 0 Å².